The highest BCUT2D eigenvalue weighted by Crippen LogP contribution is 2.41. The highest BCUT2D eigenvalue weighted by Gasteiger charge is 2.44. The van der Waals surface area contributed by atoms with Crippen LogP contribution in [0.25, 0.3) is 0 Å². The van der Waals surface area contributed by atoms with E-state index >= 15 is 0 Å². The lowest BCUT2D eigenvalue weighted by Gasteiger charge is -2.40. The summed E-state index contributed by atoms with van der Waals surface area (Å²) in [6, 6.07) is 4.49. The zero-order valence-corrected chi connectivity index (χ0v) is 20.3. The second-order valence-electron chi connectivity index (χ2n) is 11.1. The van der Waals surface area contributed by atoms with Gasteiger partial charge in [-0.3, -0.25) is 4.90 Å². The first-order chi connectivity index (χ1) is 15.3. The van der Waals surface area contributed by atoms with Crippen molar-refractivity contribution in [3.05, 3.63) is 12.1 Å². The molecule has 2 aliphatic carbocycles. The molecule has 1 unspecified atom stereocenters. The van der Waals surface area contributed by atoms with E-state index in [1.54, 1.807) is 12.1 Å². The lowest BCUT2D eigenvalue weighted by Crippen LogP contribution is -2.45. The molecular weight excluding hydrogens is 424 g/mol. The molecule has 1 aromatic rings. The summed E-state index contributed by atoms with van der Waals surface area (Å²) in [6.07, 6.45) is 9.18. The molecule has 1 aromatic heterocycles. The average molecular weight is 463 g/mol. The summed E-state index contributed by atoms with van der Waals surface area (Å²) in [5, 5.41) is 11.7. The minimum absolute atomic E-state index is 0.00000502. The Bertz CT molecular complexity index is 884. The minimum Gasteiger partial charge on any atom is -0.375 e. The first kappa shape index (κ1) is 22.5. The van der Waals surface area contributed by atoms with E-state index in [0.717, 1.165) is 76.2 Å². The van der Waals surface area contributed by atoms with Crippen LogP contribution in [0, 0.1) is 11.8 Å². The summed E-state index contributed by atoms with van der Waals surface area (Å²) < 4.78 is 31.6. The number of ether oxygens (including phenoxy) is 1. The topological polar surface area (TPSA) is 84.4 Å². The zero-order valence-electron chi connectivity index (χ0n) is 19.5. The third-order valence-corrected chi connectivity index (χ3v) is 10.4. The van der Waals surface area contributed by atoms with E-state index in [1.165, 1.54) is 13.1 Å². The maximum Gasteiger partial charge on any atom is 0.200 e. The van der Waals surface area contributed by atoms with Crippen molar-refractivity contribution in [3.8, 4) is 0 Å². The van der Waals surface area contributed by atoms with E-state index in [1.807, 2.05) is 0 Å². The first-order valence-electron chi connectivity index (χ1n) is 12.5. The Balaban J connectivity index is 1.14. The molecule has 4 aliphatic rings. The average Bonchev–Trinajstić information content (AvgIpc) is 3.33. The second kappa shape index (κ2) is 8.84. The van der Waals surface area contributed by atoms with Crippen molar-refractivity contribution < 1.29 is 13.2 Å². The molecule has 1 N–H and O–H groups in total. The number of sulfone groups is 1. The van der Waals surface area contributed by atoms with Gasteiger partial charge in [0.05, 0.1) is 10.9 Å². The van der Waals surface area contributed by atoms with E-state index in [4.69, 9.17) is 4.74 Å². The van der Waals surface area contributed by atoms with Gasteiger partial charge in [-0.05, 0) is 76.3 Å². The van der Waals surface area contributed by atoms with Crippen molar-refractivity contribution in [2.45, 2.75) is 99.6 Å². The maximum absolute atomic E-state index is 12.8. The number of nitrogens with zero attached hydrogens (tertiary/aromatic N) is 3. The highest BCUT2D eigenvalue weighted by molar-refractivity contribution is 7.92. The van der Waals surface area contributed by atoms with Gasteiger partial charge in [-0.25, -0.2) is 8.42 Å². The van der Waals surface area contributed by atoms with E-state index in [2.05, 4.69) is 34.3 Å². The maximum atomic E-state index is 12.8. The fraction of sp³-hybridized carbons (Fsp3) is 0.833. The van der Waals surface area contributed by atoms with Crippen LogP contribution in [0.3, 0.4) is 0 Å². The SMILES string of the molecule is CC1(C)CC(N2C[C@H]3C[C@@H](Nc4ccc(S(=O)(=O)C5CCCCC5)nn4)C[C@H]3C2)CCO1. The summed E-state index contributed by atoms with van der Waals surface area (Å²) in [6.45, 7) is 7.67. The van der Waals surface area contributed by atoms with Crippen LogP contribution in [0.1, 0.15) is 71.6 Å². The van der Waals surface area contributed by atoms with Crippen molar-refractivity contribution in [1.82, 2.24) is 15.1 Å². The molecule has 2 saturated heterocycles. The van der Waals surface area contributed by atoms with Gasteiger partial charge in [0.15, 0.2) is 14.9 Å². The van der Waals surface area contributed by atoms with Gasteiger partial charge in [0.2, 0.25) is 0 Å². The van der Waals surface area contributed by atoms with Crippen molar-refractivity contribution in [3.63, 3.8) is 0 Å². The molecule has 2 aliphatic heterocycles. The predicted octanol–water partition coefficient (Wildman–Crippen LogP) is 3.66. The van der Waals surface area contributed by atoms with Gasteiger partial charge < -0.3 is 10.1 Å². The Morgan fingerprint density at radius 3 is 2.38 bits per heavy atom. The normalized spacial score (nSPS) is 33.8. The van der Waals surface area contributed by atoms with Crippen LogP contribution >= 0.6 is 0 Å². The van der Waals surface area contributed by atoms with Gasteiger partial charge in [-0.2, -0.15) is 0 Å². The van der Waals surface area contributed by atoms with Gasteiger partial charge >= 0.3 is 0 Å². The molecule has 0 spiro atoms. The van der Waals surface area contributed by atoms with Gasteiger partial charge in [0, 0.05) is 31.8 Å². The highest BCUT2D eigenvalue weighted by atomic mass is 32.2. The third kappa shape index (κ3) is 4.68. The Morgan fingerprint density at radius 1 is 1.03 bits per heavy atom. The summed E-state index contributed by atoms with van der Waals surface area (Å²) in [5.41, 5.74) is 0.00000502. The Morgan fingerprint density at radius 2 is 1.75 bits per heavy atom. The van der Waals surface area contributed by atoms with Gasteiger partial charge in [0.1, 0.15) is 5.82 Å². The van der Waals surface area contributed by atoms with Gasteiger partial charge in [-0.15, -0.1) is 10.2 Å². The van der Waals surface area contributed by atoms with Gasteiger partial charge in [-0.1, -0.05) is 19.3 Å². The van der Waals surface area contributed by atoms with Crippen LogP contribution in [0.15, 0.2) is 17.2 Å². The molecule has 0 bridgehead atoms. The zero-order chi connectivity index (χ0) is 22.3. The second-order valence-corrected chi connectivity index (χ2v) is 13.3. The van der Waals surface area contributed by atoms with E-state index in [9.17, 15) is 8.42 Å². The van der Waals surface area contributed by atoms with Gasteiger partial charge in [0.25, 0.3) is 0 Å². The smallest absolute Gasteiger partial charge is 0.200 e. The molecule has 2 saturated carbocycles. The quantitative estimate of drug-likeness (QED) is 0.715. The fourth-order valence-corrected chi connectivity index (χ4v) is 8.28. The molecule has 3 heterocycles. The van der Waals surface area contributed by atoms with Crippen molar-refractivity contribution in [2.75, 3.05) is 25.0 Å². The van der Waals surface area contributed by atoms with E-state index in [0.29, 0.717) is 17.9 Å². The molecule has 0 aromatic carbocycles. The first-order valence-corrected chi connectivity index (χ1v) is 14.1. The Labute approximate surface area is 192 Å². The van der Waals surface area contributed by atoms with Crippen molar-refractivity contribution >= 4 is 15.7 Å². The van der Waals surface area contributed by atoms with Crippen molar-refractivity contribution in [2.24, 2.45) is 11.8 Å². The van der Waals surface area contributed by atoms with E-state index < -0.39 is 9.84 Å². The summed E-state index contributed by atoms with van der Waals surface area (Å²) in [4.78, 5) is 2.71. The molecule has 8 heteroatoms. The number of anilines is 1. The predicted molar refractivity (Wildman–Crippen MR) is 124 cm³/mol. The Kier molecular flexibility index (Phi) is 6.22. The van der Waals surface area contributed by atoms with Crippen molar-refractivity contribution in [1.29, 1.82) is 0 Å². The fourth-order valence-electron chi connectivity index (χ4n) is 6.57. The third-order valence-electron chi connectivity index (χ3n) is 8.24. The lowest BCUT2D eigenvalue weighted by molar-refractivity contribution is -0.0811. The monoisotopic (exact) mass is 462 g/mol. The molecule has 7 nitrogen and oxygen atoms in total. The minimum atomic E-state index is -3.36. The standard InChI is InChI=1S/C24H38N4O3S/c1-24(2)14-20(10-11-31-24)28-15-17-12-19(13-18(17)16-28)25-22-8-9-23(27-26-22)32(29,30)21-6-4-3-5-7-21/h8-9,17-21H,3-7,10-16H2,1-2H3,(H,25,26)/t17-,18+,19-,20?. The summed E-state index contributed by atoms with van der Waals surface area (Å²) >= 11 is 0. The Hall–Kier alpha value is -1.25. The number of fused-ring (bicyclic) bond motifs is 1. The van der Waals surface area contributed by atoms with Crippen LogP contribution in [-0.2, 0) is 14.6 Å². The number of nitrogens with one attached hydrogen (secondary N) is 1. The number of hydrogen-bond acceptors (Lipinski definition) is 7. The van der Waals surface area contributed by atoms with Crippen LogP contribution in [0.4, 0.5) is 5.82 Å². The molecule has 4 atom stereocenters. The summed E-state index contributed by atoms with van der Waals surface area (Å²) in [7, 11) is -3.36. The van der Waals surface area contributed by atoms with Crippen LogP contribution < -0.4 is 5.32 Å². The van der Waals surface area contributed by atoms with Crippen LogP contribution in [0.2, 0.25) is 0 Å². The number of likely N-dealkylation sites (tertiary alicyclic amines) is 1. The largest absolute Gasteiger partial charge is 0.375 e. The molecule has 4 fully saturated rings. The number of aromatic nitrogens is 2. The summed E-state index contributed by atoms with van der Waals surface area (Å²) in [5.74, 6) is 2.16. The van der Waals surface area contributed by atoms with Crippen LogP contribution in [-0.4, -0.2) is 66.1 Å². The molecule has 0 amide bonds. The number of hydrogen-bond donors (Lipinski definition) is 1. The molecule has 0 radical (unpaired) electrons. The number of rotatable bonds is 5. The molecular formula is C24H38N4O3S. The lowest BCUT2D eigenvalue weighted by atomic mass is 9.93. The molecule has 5 rings (SSSR count). The van der Waals surface area contributed by atoms with Crippen LogP contribution in [0.5, 0.6) is 0 Å². The van der Waals surface area contributed by atoms with E-state index in [-0.39, 0.29) is 15.9 Å². The molecule has 32 heavy (non-hydrogen) atoms. The molecule has 178 valence electrons.